The average molecular weight is 215 g/mol. The third-order valence-electron chi connectivity index (χ3n) is 2.73. The highest BCUT2D eigenvalue weighted by Gasteiger charge is 2.14. The van der Waals surface area contributed by atoms with Gasteiger partial charge in [0.1, 0.15) is 5.78 Å². The maximum Gasteiger partial charge on any atom is 0.241 e. The molecule has 0 radical (unpaired) electrons. The van der Waals surface area contributed by atoms with E-state index < -0.39 is 5.91 Å². The van der Waals surface area contributed by atoms with Gasteiger partial charge in [0.25, 0.3) is 0 Å². The minimum atomic E-state index is -0.451. The van der Waals surface area contributed by atoms with E-state index in [4.69, 9.17) is 5.73 Å². The zero-order valence-electron chi connectivity index (χ0n) is 8.90. The van der Waals surface area contributed by atoms with Crippen molar-refractivity contribution in [2.45, 2.75) is 19.3 Å². The average Bonchev–Trinajstić information content (AvgIpc) is 2.26. The van der Waals surface area contributed by atoms with Crippen LogP contribution in [0.2, 0.25) is 0 Å². The molecular formula is C13H13NO2. The molecule has 0 fully saturated rings. The monoisotopic (exact) mass is 215 g/mol. The van der Waals surface area contributed by atoms with Crippen molar-refractivity contribution in [3.05, 3.63) is 41.0 Å². The molecule has 0 saturated heterocycles. The van der Waals surface area contributed by atoms with E-state index in [1.807, 2.05) is 18.2 Å². The second kappa shape index (κ2) is 4.31. The van der Waals surface area contributed by atoms with Gasteiger partial charge in [-0.1, -0.05) is 18.2 Å². The number of amides is 1. The van der Waals surface area contributed by atoms with Crippen LogP contribution in [-0.2, 0) is 22.4 Å². The Morgan fingerprint density at radius 1 is 1.25 bits per heavy atom. The number of hydrogen-bond acceptors (Lipinski definition) is 2. The molecule has 0 unspecified atom stereocenters. The van der Waals surface area contributed by atoms with Crippen LogP contribution < -0.4 is 5.73 Å². The molecule has 1 aromatic carbocycles. The second-order valence-electron chi connectivity index (χ2n) is 3.98. The summed E-state index contributed by atoms with van der Waals surface area (Å²) in [5, 5.41) is 0. The van der Waals surface area contributed by atoms with Crippen LogP contribution in [0.4, 0.5) is 0 Å². The molecule has 0 aliphatic heterocycles. The Morgan fingerprint density at radius 2 is 2.06 bits per heavy atom. The van der Waals surface area contributed by atoms with Gasteiger partial charge in [-0.05, 0) is 29.2 Å². The Labute approximate surface area is 94.0 Å². The third kappa shape index (κ3) is 2.37. The van der Waals surface area contributed by atoms with Gasteiger partial charge in [0, 0.05) is 18.9 Å². The molecule has 1 amide bonds. The van der Waals surface area contributed by atoms with Crippen LogP contribution >= 0.6 is 0 Å². The summed E-state index contributed by atoms with van der Waals surface area (Å²) in [5.74, 6) is -0.152. The fourth-order valence-electron chi connectivity index (χ4n) is 1.91. The molecule has 2 N–H and O–H groups in total. The highest BCUT2D eigenvalue weighted by atomic mass is 16.1. The van der Waals surface area contributed by atoms with Crippen molar-refractivity contribution >= 4 is 17.8 Å². The third-order valence-corrected chi connectivity index (χ3v) is 2.73. The predicted octanol–water partition coefficient (Wildman–Crippen LogP) is 1.24. The van der Waals surface area contributed by atoms with E-state index in [2.05, 4.69) is 0 Å². The SMILES string of the molecule is NC(=O)C=Cc1ccc2c(c1)CCC(=O)C2. The topological polar surface area (TPSA) is 60.2 Å². The minimum absolute atomic E-state index is 0.299. The van der Waals surface area contributed by atoms with Crippen LogP contribution in [0.25, 0.3) is 6.08 Å². The predicted molar refractivity (Wildman–Crippen MR) is 61.7 cm³/mol. The molecule has 0 aromatic heterocycles. The van der Waals surface area contributed by atoms with Gasteiger partial charge in [0.15, 0.2) is 0 Å². The molecule has 0 spiro atoms. The van der Waals surface area contributed by atoms with E-state index in [0.717, 1.165) is 17.5 Å². The summed E-state index contributed by atoms with van der Waals surface area (Å²) >= 11 is 0. The number of carbonyl (C=O) groups is 2. The van der Waals surface area contributed by atoms with Crippen molar-refractivity contribution in [3.8, 4) is 0 Å². The lowest BCUT2D eigenvalue weighted by Gasteiger charge is -2.14. The van der Waals surface area contributed by atoms with Gasteiger partial charge >= 0.3 is 0 Å². The van der Waals surface area contributed by atoms with E-state index in [1.54, 1.807) is 6.08 Å². The number of primary amides is 1. The maximum atomic E-state index is 11.3. The van der Waals surface area contributed by atoms with Gasteiger partial charge in [-0.3, -0.25) is 9.59 Å². The molecule has 3 nitrogen and oxygen atoms in total. The van der Waals surface area contributed by atoms with Crippen molar-refractivity contribution in [1.82, 2.24) is 0 Å². The van der Waals surface area contributed by atoms with E-state index >= 15 is 0 Å². The number of fused-ring (bicyclic) bond motifs is 1. The molecular weight excluding hydrogens is 202 g/mol. The number of rotatable bonds is 2. The summed E-state index contributed by atoms with van der Waals surface area (Å²) in [6.45, 7) is 0. The van der Waals surface area contributed by atoms with Gasteiger partial charge < -0.3 is 5.73 Å². The number of Topliss-reactive ketones (excluding diaryl/α,β-unsaturated/α-hetero) is 1. The zero-order chi connectivity index (χ0) is 11.5. The number of ketones is 1. The van der Waals surface area contributed by atoms with E-state index in [0.29, 0.717) is 18.6 Å². The summed E-state index contributed by atoms with van der Waals surface area (Å²) in [6, 6.07) is 5.87. The summed E-state index contributed by atoms with van der Waals surface area (Å²) in [4.78, 5) is 21.8. The quantitative estimate of drug-likeness (QED) is 0.754. The minimum Gasteiger partial charge on any atom is -0.366 e. The molecule has 1 aliphatic carbocycles. The largest absolute Gasteiger partial charge is 0.366 e. The summed E-state index contributed by atoms with van der Waals surface area (Å²) in [6.07, 6.45) is 4.99. The van der Waals surface area contributed by atoms with Crippen LogP contribution in [-0.4, -0.2) is 11.7 Å². The lowest BCUT2D eigenvalue weighted by Crippen LogP contribution is -2.13. The smallest absolute Gasteiger partial charge is 0.241 e. The van der Waals surface area contributed by atoms with Crippen molar-refractivity contribution in [2.24, 2.45) is 5.73 Å². The zero-order valence-corrected chi connectivity index (χ0v) is 8.90. The first kappa shape index (κ1) is 10.6. The molecule has 2 rings (SSSR count). The Hall–Kier alpha value is -1.90. The first-order valence-corrected chi connectivity index (χ1v) is 5.26. The molecule has 3 heteroatoms. The summed E-state index contributed by atoms with van der Waals surface area (Å²) in [7, 11) is 0. The molecule has 1 aromatic rings. The molecule has 1 aliphatic rings. The van der Waals surface area contributed by atoms with Crippen LogP contribution in [0.5, 0.6) is 0 Å². The Kier molecular flexibility index (Phi) is 2.86. The molecule has 0 saturated carbocycles. The van der Waals surface area contributed by atoms with E-state index in [-0.39, 0.29) is 0 Å². The number of aryl methyl sites for hydroxylation is 1. The van der Waals surface area contributed by atoms with Crippen molar-refractivity contribution < 1.29 is 9.59 Å². The number of carbonyl (C=O) groups excluding carboxylic acids is 2. The van der Waals surface area contributed by atoms with Gasteiger partial charge in [0.05, 0.1) is 0 Å². The van der Waals surface area contributed by atoms with E-state index in [9.17, 15) is 9.59 Å². The molecule has 0 heterocycles. The lowest BCUT2D eigenvalue weighted by atomic mass is 9.89. The molecule has 16 heavy (non-hydrogen) atoms. The van der Waals surface area contributed by atoms with Gasteiger partial charge in [0.2, 0.25) is 5.91 Å². The summed E-state index contributed by atoms with van der Waals surface area (Å²) < 4.78 is 0. The number of benzene rings is 1. The van der Waals surface area contributed by atoms with Crippen LogP contribution in [0, 0.1) is 0 Å². The van der Waals surface area contributed by atoms with E-state index in [1.165, 1.54) is 11.6 Å². The first-order valence-electron chi connectivity index (χ1n) is 5.26. The highest BCUT2D eigenvalue weighted by molar-refractivity contribution is 5.90. The van der Waals surface area contributed by atoms with Crippen LogP contribution in [0.1, 0.15) is 23.1 Å². The Morgan fingerprint density at radius 3 is 2.81 bits per heavy atom. The van der Waals surface area contributed by atoms with Crippen LogP contribution in [0.15, 0.2) is 24.3 Å². The second-order valence-corrected chi connectivity index (χ2v) is 3.98. The maximum absolute atomic E-state index is 11.3. The molecule has 0 atom stereocenters. The molecule has 0 bridgehead atoms. The molecule has 82 valence electrons. The van der Waals surface area contributed by atoms with Gasteiger partial charge in [-0.15, -0.1) is 0 Å². The van der Waals surface area contributed by atoms with Crippen LogP contribution in [0.3, 0.4) is 0 Å². The van der Waals surface area contributed by atoms with Gasteiger partial charge in [-0.2, -0.15) is 0 Å². The fourth-order valence-corrected chi connectivity index (χ4v) is 1.91. The highest BCUT2D eigenvalue weighted by Crippen LogP contribution is 2.21. The number of hydrogen-bond donors (Lipinski definition) is 1. The van der Waals surface area contributed by atoms with Crippen molar-refractivity contribution in [1.29, 1.82) is 0 Å². The lowest BCUT2D eigenvalue weighted by molar-refractivity contribution is -0.118. The van der Waals surface area contributed by atoms with Crippen molar-refractivity contribution in [3.63, 3.8) is 0 Å². The number of nitrogens with two attached hydrogens (primary N) is 1. The standard InChI is InChI=1S/C13H13NO2/c14-13(16)6-2-9-1-3-11-8-12(15)5-4-10(11)7-9/h1-3,6-7H,4-5,8H2,(H2,14,16). The van der Waals surface area contributed by atoms with Gasteiger partial charge in [-0.25, -0.2) is 0 Å². The first-order chi connectivity index (χ1) is 7.65. The Bertz CT molecular complexity index is 475. The normalized spacial score (nSPS) is 15.1. The summed E-state index contributed by atoms with van der Waals surface area (Å²) in [5.41, 5.74) is 8.28. The van der Waals surface area contributed by atoms with Crippen molar-refractivity contribution in [2.75, 3.05) is 0 Å². The Balaban J connectivity index is 2.26. The fraction of sp³-hybridized carbons (Fsp3) is 0.231.